The van der Waals surface area contributed by atoms with Crippen LogP contribution in [0.1, 0.15) is 24.0 Å². The van der Waals surface area contributed by atoms with Crippen molar-refractivity contribution < 1.29 is 33.0 Å². The molecule has 0 radical (unpaired) electrons. The fourth-order valence-electron chi connectivity index (χ4n) is 5.21. The first-order valence-electron chi connectivity index (χ1n) is 12.8. The van der Waals surface area contributed by atoms with Gasteiger partial charge in [0.1, 0.15) is 6.10 Å². The third-order valence-electron chi connectivity index (χ3n) is 7.33. The van der Waals surface area contributed by atoms with Crippen LogP contribution in [0.5, 0.6) is 11.5 Å². The number of fused-ring (bicyclic) bond motifs is 1. The number of nitrogens with zero attached hydrogens (tertiary/aromatic N) is 3. The van der Waals surface area contributed by atoms with Crippen molar-refractivity contribution in [3.63, 3.8) is 0 Å². The van der Waals surface area contributed by atoms with Crippen LogP contribution in [0.3, 0.4) is 0 Å². The van der Waals surface area contributed by atoms with E-state index in [0.717, 1.165) is 11.6 Å². The second kappa shape index (κ2) is 10.8. The molecule has 4 aromatic rings. The molecule has 0 aliphatic carbocycles. The Kier molecular flexibility index (Phi) is 7.43. The summed E-state index contributed by atoms with van der Waals surface area (Å²) in [6.45, 7) is -0.0572. The van der Waals surface area contributed by atoms with Crippen molar-refractivity contribution in [2.45, 2.75) is 37.3 Å². The van der Waals surface area contributed by atoms with Crippen LogP contribution in [0.15, 0.2) is 79.0 Å². The molecule has 3 aromatic carbocycles. The summed E-state index contributed by atoms with van der Waals surface area (Å²) >= 11 is 0. The molecular formula is C29H28F3N3O5. The number of aliphatic hydroxyl groups is 1. The number of aromatic nitrogens is 1. The number of likely N-dealkylation sites (tertiary alicyclic amines) is 1. The van der Waals surface area contributed by atoms with E-state index >= 15 is 0 Å². The van der Waals surface area contributed by atoms with Crippen LogP contribution in [-0.4, -0.2) is 56.5 Å². The van der Waals surface area contributed by atoms with Gasteiger partial charge in [0.2, 0.25) is 5.60 Å². The Hall–Kier alpha value is -4.09. The molecular weight excluding hydrogens is 527 g/mol. The minimum atomic E-state index is -5.02. The number of piperidine rings is 1. The molecule has 11 heteroatoms. The molecule has 0 saturated carbocycles. The number of rotatable bonds is 8. The maximum Gasteiger partial charge on any atom is 0.422 e. The molecule has 0 amide bonds. The zero-order valence-electron chi connectivity index (χ0n) is 21.4. The molecule has 1 aromatic heterocycles. The highest BCUT2D eigenvalue weighted by atomic mass is 19.4. The van der Waals surface area contributed by atoms with Crippen LogP contribution in [0, 0.1) is 10.1 Å². The number of alkyl halides is 3. The van der Waals surface area contributed by atoms with E-state index < -0.39 is 23.2 Å². The Morgan fingerprint density at radius 1 is 1.00 bits per heavy atom. The maximum atomic E-state index is 14.7. The fraction of sp³-hybridized carbons (Fsp3) is 0.310. The number of hydrogen-bond acceptors (Lipinski definition) is 6. The Bertz CT molecular complexity index is 1500. The first kappa shape index (κ1) is 27.5. The third-order valence-corrected chi connectivity index (χ3v) is 7.33. The first-order valence-corrected chi connectivity index (χ1v) is 12.8. The van der Waals surface area contributed by atoms with Gasteiger partial charge in [0.25, 0.3) is 5.69 Å². The molecule has 1 atom stereocenters. The molecule has 1 aliphatic rings. The number of phenolic OH excluding ortho intramolecular Hbond substituents is 1. The van der Waals surface area contributed by atoms with Gasteiger partial charge in [0.15, 0.2) is 11.5 Å². The Morgan fingerprint density at radius 3 is 2.33 bits per heavy atom. The highest BCUT2D eigenvalue weighted by Crippen LogP contribution is 2.44. The van der Waals surface area contributed by atoms with Gasteiger partial charge in [-0.1, -0.05) is 42.5 Å². The number of ether oxygens (including phenoxy) is 1. The summed E-state index contributed by atoms with van der Waals surface area (Å²) in [5.74, 6) is 0.302. The average Bonchev–Trinajstić information content (AvgIpc) is 3.29. The highest BCUT2D eigenvalue weighted by Gasteiger charge is 2.57. The third kappa shape index (κ3) is 5.47. The predicted molar refractivity (Wildman–Crippen MR) is 142 cm³/mol. The lowest BCUT2D eigenvalue weighted by Gasteiger charge is -2.39. The molecule has 2 heterocycles. The lowest BCUT2D eigenvalue weighted by atomic mass is 9.91. The SMILES string of the molecule is O=[N+]([O-])c1ccc2c(C(O)(CN3CCC(Oc4ccccc4O)CC3)C(F)(F)F)cn(Cc3ccccc3)c2c1. The van der Waals surface area contributed by atoms with Gasteiger partial charge in [0.05, 0.1) is 10.4 Å². The van der Waals surface area contributed by atoms with E-state index in [2.05, 4.69) is 0 Å². The maximum absolute atomic E-state index is 14.7. The lowest BCUT2D eigenvalue weighted by Crippen LogP contribution is -2.53. The number of β-amino-alcohol motifs (C(OH)–C–C–N with tert-alkyl or cyclic N) is 1. The van der Waals surface area contributed by atoms with Gasteiger partial charge >= 0.3 is 6.18 Å². The van der Waals surface area contributed by atoms with E-state index in [-0.39, 0.29) is 53.6 Å². The van der Waals surface area contributed by atoms with E-state index in [1.54, 1.807) is 47.4 Å². The van der Waals surface area contributed by atoms with E-state index in [1.807, 2.05) is 6.07 Å². The second-order valence-electron chi connectivity index (χ2n) is 10.0. The Labute approximate surface area is 228 Å². The topological polar surface area (TPSA) is 101 Å². The highest BCUT2D eigenvalue weighted by molar-refractivity contribution is 5.87. The number of nitro benzene ring substituents is 1. The summed E-state index contributed by atoms with van der Waals surface area (Å²) in [4.78, 5) is 12.4. The van der Waals surface area contributed by atoms with Crippen LogP contribution in [0.4, 0.5) is 18.9 Å². The number of hydrogen-bond donors (Lipinski definition) is 2. The van der Waals surface area contributed by atoms with Crippen molar-refractivity contribution in [2.75, 3.05) is 19.6 Å². The molecule has 1 aliphatic heterocycles. The van der Waals surface area contributed by atoms with Crippen molar-refractivity contribution in [3.05, 3.63) is 100 Å². The van der Waals surface area contributed by atoms with E-state index in [9.17, 15) is 33.5 Å². The molecule has 1 saturated heterocycles. The van der Waals surface area contributed by atoms with Crippen molar-refractivity contribution in [2.24, 2.45) is 0 Å². The Morgan fingerprint density at radius 2 is 1.68 bits per heavy atom. The molecule has 0 bridgehead atoms. The first-order chi connectivity index (χ1) is 19.0. The monoisotopic (exact) mass is 555 g/mol. The van der Waals surface area contributed by atoms with Gasteiger partial charge in [-0.3, -0.25) is 15.0 Å². The molecule has 1 fully saturated rings. The molecule has 5 rings (SSSR count). The average molecular weight is 556 g/mol. The van der Waals surface area contributed by atoms with Gasteiger partial charge in [-0.05, 0) is 36.6 Å². The van der Waals surface area contributed by atoms with Gasteiger partial charge in [-0.25, -0.2) is 0 Å². The van der Waals surface area contributed by atoms with E-state index in [1.165, 1.54) is 29.0 Å². The molecule has 2 N–H and O–H groups in total. The summed E-state index contributed by atoms with van der Waals surface area (Å²) in [6, 6.07) is 19.2. The summed E-state index contributed by atoms with van der Waals surface area (Å²) < 4.78 is 51.4. The van der Waals surface area contributed by atoms with Crippen LogP contribution in [0.2, 0.25) is 0 Å². The van der Waals surface area contributed by atoms with E-state index in [0.29, 0.717) is 18.6 Å². The van der Waals surface area contributed by atoms with Crippen molar-refractivity contribution in [1.82, 2.24) is 9.47 Å². The van der Waals surface area contributed by atoms with Crippen molar-refractivity contribution in [1.29, 1.82) is 0 Å². The standard InChI is InChI=1S/C29H28F3N3O5/c30-29(31,32)28(37,19-33-14-12-22(13-15-33)40-27-9-5-4-8-26(27)36)24-18-34(17-20-6-2-1-3-7-20)25-16-21(35(38)39)10-11-23(24)25/h1-11,16,18,22,36-37H,12-15,17,19H2. The van der Waals surface area contributed by atoms with Crippen molar-refractivity contribution in [3.8, 4) is 11.5 Å². The molecule has 1 unspecified atom stereocenters. The summed E-state index contributed by atoms with van der Waals surface area (Å²) in [5, 5.41) is 32.9. The van der Waals surface area contributed by atoms with Crippen molar-refractivity contribution >= 4 is 16.6 Å². The van der Waals surface area contributed by atoms with Gasteiger partial charge < -0.3 is 19.5 Å². The van der Waals surface area contributed by atoms with Crippen LogP contribution in [0.25, 0.3) is 10.9 Å². The molecule has 8 nitrogen and oxygen atoms in total. The number of nitro groups is 1. The molecule has 0 spiro atoms. The normalized spacial score (nSPS) is 16.6. The van der Waals surface area contributed by atoms with Gasteiger partial charge in [-0.2, -0.15) is 13.2 Å². The number of non-ortho nitro benzene ring substituents is 1. The zero-order valence-corrected chi connectivity index (χ0v) is 21.4. The quantitative estimate of drug-likeness (QED) is 0.217. The summed E-state index contributed by atoms with van der Waals surface area (Å²) in [5.41, 5.74) is -2.82. The van der Waals surface area contributed by atoms with E-state index in [4.69, 9.17) is 4.74 Å². The summed E-state index contributed by atoms with van der Waals surface area (Å²) in [6.07, 6.45) is -3.25. The predicted octanol–water partition coefficient (Wildman–Crippen LogP) is 5.60. The van der Waals surface area contributed by atoms with Crippen LogP contribution in [-0.2, 0) is 12.1 Å². The second-order valence-corrected chi connectivity index (χ2v) is 10.0. The number of aromatic hydroxyl groups is 1. The molecule has 210 valence electrons. The largest absolute Gasteiger partial charge is 0.504 e. The van der Waals surface area contributed by atoms with Gasteiger partial charge in [-0.15, -0.1) is 0 Å². The number of phenols is 1. The van der Waals surface area contributed by atoms with Crippen LogP contribution < -0.4 is 4.74 Å². The number of halogens is 3. The van der Waals surface area contributed by atoms with Crippen LogP contribution >= 0.6 is 0 Å². The Balaban J connectivity index is 1.44. The summed E-state index contributed by atoms with van der Waals surface area (Å²) in [7, 11) is 0. The van der Waals surface area contributed by atoms with Gasteiger partial charge in [0, 0.05) is 55.5 Å². The number of benzene rings is 3. The minimum absolute atomic E-state index is 0.0106. The fourth-order valence-corrected chi connectivity index (χ4v) is 5.21. The number of para-hydroxylation sites is 2. The zero-order chi connectivity index (χ0) is 28.5. The minimum Gasteiger partial charge on any atom is -0.504 e. The lowest BCUT2D eigenvalue weighted by molar-refractivity contribution is -0.384. The smallest absolute Gasteiger partial charge is 0.422 e. The molecule has 40 heavy (non-hydrogen) atoms.